The number of unbranched alkanes of at least 4 members (excludes halogenated alkanes) is 2. The van der Waals surface area contributed by atoms with E-state index in [0.29, 0.717) is 5.56 Å². The molecule has 0 spiro atoms. The van der Waals surface area contributed by atoms with Crippen molar-refractivity contribution in [2.75, 3.05) is 0 Å². The van der Waals surface area contributed by atoms with Crippen molar-refractivity contribution in [2.24, 2.45) is 5.73 Å². The molecule has 0 atom stereocenters. The first-order valence-electron chi connectivity index (χ1n) is 10.9. The van der Waals surface area contributed by atoms with E-state index in [9.17, 15) is 4.79 Å². The van der Waals surface area contributed by atoms with Crippen LogP contribution in [0.25, 0.3) is 21.8 Å². The minimum atomic E-state index is -0.376. The highest BCUT2D eigenvalue weighted by Gasteiger charge is 2.17. The standard InChI is InChI=1S/C27H30N2O/c1-4-5-6-8-20-13-14-22-25(16-20)29(17-21-15-18(2)11-12-19(21)3)24-10-7-9-23(26(22)24)27(28)30/h7,9-16H,4-6,8,17H2,1-3H3,(H2,28,30). The van der Waals surface area contributed by atoms with Crippen molar-refractivity contribution in [3.05, 3.63) is 82.4 Å². The maximum atomic E-state index is 12.2. The lowest BCUT2D eigenvalue weighted by molar-refractivity contribution is 0.100. The highest BCUT2D eigenvalue weighted by atomic mass is 16.1. The summed E-state index contributed by atoms with van der Waals surface area (Å²) in [5.41, 5.74) is 13.8. The smallest absolute Gasteiger partial charge is 0.249 e. The zero-order chi connectivity index (χ0) is 21.3. The summed E-state index contributed by atoms with van der Waals surface area (Å²) in [6.07, 6.45) is 4.75. The average molecular weight is 399 g/mol. The van der Waals surface area contributed by atoms with E-state index in [1.54, 1.807) is 0 Å². The van der Waals surface area contributed by atoms with E-state index in [1.165, 1.54) is 47.0 Å². The Kier molecular flexibility index (Phi) is 5.63. The molecule has 2 N–H and O–H groups in total. The lowest BCUT2D eigenvalue weighted by Crippen LogP contribution is -2.11. The molecular weight excluding hydrogens is 368 g/mol. The summed E-state index contributed by atoms with van der Waals surface area (Å²) in [5.74, 6) is -0.376. The van der Waals surface area contributed by atoms with Crippen LogP contribution in [0.4, 0.5) is 0 Å². The maximum absolute atomic E-state index is 12.2. The van der Waals surface area contributed by atoms with Gasteiger partial charge in [0.1, 0.15) is 0 Å². The van der Waals surface area contributed by atoms with Crippen molar-refractivity contribution in [1.82, 2.24) is 4.57 Å². The summed E-state index contributed by atoms with van der Waals surface area (Å²) in [7, 11) is 0. The molecule has 0 aliphatic heterocycles. The molecule has 3 aromatic carbocycles. The summed E-state index contributed by atoms with van der Waals surface area (Å²) in [5, 5.41) is 2.06. The van der Waals surface area contributed by atoms with Crippen LogP contribution in [0.1, 0.15) is 58.8 Å². The van der Waals surface area contributed by atoms with Crippen LogP contribution in [0.15, 0.2) is 54.6 Å². The van der Waals surface area contributed by atoms with E-state index in [-0.39, 0.29) is 5.91 Å². The summed E-state index contributed by atoms with van der Waals surface area (Å²) in [6, 6.07) is 19.2. The number of hydrogen-bond donors (Lipinski definition) is 1. The number of carbonyl (C=O) groups is 1. The molecule has 1 aromatic heterocycles. The van der Waals surface area contributed by atoms with E-state index >= 15 is 0 Å². The molecule has 0 unspecified atom stereocenters. The predicted molar refractivity (Wildman–Crippen MR) is 126 cm³/mol. The summed E-state index contributed by atoms with van der Waals surface area (Å²) >= 11 is 0. The highest BCUT2D eigenvalue weighted by Crippen LogP contribution is 2.33. The van der Waals surface area contributed by atoms with Crippen molar-refractivity contribution in [1.29, 1.82) is 0 Å². The number of primary amides is 1. The largest absolute Gasteiger partial charge is 0.366 e. The van der Waals surface area contributed by atoms with E-state index < -0.39 is 0 Å². The number of aryl methyl sites for hydroxylation is 3. The topological polar surface area (TPSA) is 48.0 Å². The first kappa shape index (κ1) is 20.2. The number of rotatable bonds is 7. The van der Waals surface area contributed by atoms with Crippen LogP contribution in [0, 0.1) is 13.8 Å². The van der Waals surface area contributed by atoms with Crippen LogP contribution in [-0.4, -0.2) is 10.5 Å². The van der Waals surface area contributed by atoms with Gasteiger partial charge in [0.25, 0.3) is 0 Å². The molecule has 4 rings (SSSR count). The zero-order valence-electron chi connectivity index (χ0n) is 18.2. The fourth-order valence-corrected chi connectivity index (χ4v) is 4.44. The fourth-order valence-electron chi connectivity index (χ4n) is 4.44. The third-order valence-corrected chi connectivity index (χ3v) is 6.12. The number of fused-ring (bicyclic) bond motifs is 3. The van der Waals surface area contributed by atoms with Crippen molar-refractivity contribution < 1.29 is 4.79 Å². The van der Waals surface area contributed by atoms with Gasteiger partial charge < -0.3 is 10.3 Å². The molecule has 0 saturated carbocycles. The Labute approximate surface area is 178 Å². The van der Waals surface area contributed by atoms with E-state index in [2.05, 4.69) is 67.8 Å². The second-order valence-electron chi connectivity index (χ2n) is 8.39. The number of nitrogens with two attached hydrogens (primary N) is 1. The Hall–Kier alpha value is -3.07. The maximum Gasteiger partial charge on any atom is 0.249 e. The van der Waals surface area contributed by atoms with Crippen molar-refractivity contribution >= 4 is 27.7 Å². The van der Waals surface area contributed by atoms with Crippen LogP contribution >= 0.6 is 0 Å². The summed E-state index contributed by atoms with van der Waals surface area (Å²) in [6.45, 7) is 7.30. The molecule has 0 aliphatic carbocycles. The second-order valence-corrected chi connectivity index (χ2v) is 8.39. The average Bonchev–Trinajstić information content (AvgIpc) is 3.04. The van der Waals surface area contributed by atoms with Gasteiger partial charge in [-0.15, -0.1) is 0 Å². The molecule has 154 valence electrons. The Bertz CT molecular complexity index is 1230. The van der Waals surface area contributed by atoms with Crippen molar-refractivity contribution in [3.8, 4) is 0 Å². The van der Waals surface area contributed by atoms with Gasteiger partial charge in [0.05, 0.1) is 5.52 Å². The van der Waals surface area contributed by atoms with Crippen molar-refractivity contribution in [3.63, 3.8) is 0 Å². The molecule has 1 amide bonds. The molecule has 0 saturated heterocycles. The number of amides is 1. The van der Waals surface area contributed by atoms with Gasteiger partial charge in [-0.25, -0.2) is 0 Å². The van der Waals surface area contributed by atoms with E-state index in [1.807, 2.05) is 12.1 Å². The molecular formula is C27H30N2O. The minimum Gasteiger partial charge on any atom is -0.366 e. The molecule has 0 fully saturated rings. The van der Waals surface area contributed by atoms with Crippen LogP contribution in [0.3, 0.4) is 0 Å². The Morgan fingerprint density at radius 1 is 0.967 bits per heavy atom. The number of hydrogen-bond acceptors (Lipinski definition) is 1. The van der Waals surface area contributed by atoms with Crippen LogP contribution in [0.2, 0.25) is 0 Å². The molecule has 0 bridgehead atoms. The second kappa shape index (κ2) is 8.35. The van der Waals surface area contributed by atoms with Gasteiger partial charge in [0.2, 0.25) is 5.91 Å². The summed E-state index contributed by atoms with van der Waals surface area (Å²) in [4.78, 5) is 12.2. The van der Waals surface area contributed by atoms with Crippen molar-refractivity contribution in [2.45, 2.75) is 53.0 Å². The molecule has 30 heavy (non-hydrogen) atoms. The van der Waals surface area contributed by atoms with E-state index in [0.717, 1.165) is 29.3 Å². The number of carbonyl (C=O) groups excluding carboxylic acids is 1. The Morgan fingerprint density at radius 2 is 1.80 bits per heavy atom. The highest BCUT2D eigenvalue weighted by molar-refractivity contribution is 6.18. The molecule has 3 heteroatoms. The molecule has 0 aliphatic rings. The quantitative estimate of drug-likeness (QED) is 0.365. The third kappa shape index (κ3) is 3.72. The van der Waals surface area contributed by atoms with Crippen LogP contribution in [0.5, 0.6) is 0 Å². The molecule has 0 radical (unpaired) electrons. The minimum absolute atomic E-state index is 0.376. The van der Waals surface area contributed by atoms with E-state index in [4.69, 9.17) is 5.73 Å². The van der Waals surface area contributed by atoms with Gasteiger partial charge in [-0.2, -0.15) is 0 Å². The van der Waals surface area contributed by atoms with Gasteiger partial charge in [0, 0.05) is 28.4 Å². The Morgan fingerprint density at radius 3 is 2.57 bits per heavy atom. The predicted octanol–water partition coefficient (Wildman–Crippen LogP) is 6.29. The SMILES string of the molecule is CCCCCc1ccc2c3c(C(N)=O)cccc3n(Cc3cc(C)ccc3C)c2c1. The van der Waals surface area contributed by atoms with Gasteiger partial charge in [-0.05, 0) is 61.6 Å². The van der Waals surface area contributed by atoms with Crippen LogP contribution < -0.4 is 5.73 Å². The normalized spacial score (nSPS) is 11.4. The van der Waals surface area contributed by atoms with Gasteiger partial charge in [-0.1, -0.05) is 61.7 Å². The lowest BCUT2D eigenvalue weighted by atomic mass is 10.0. The molecule has 4 aromatic rings. The zero-order valence-corrected chi connectivity index (χ0v) is 18.2. The molecule has 1 heterocycles. The monoisotopic (exact) mass is 398 g/mol. The molecule has 3 nitrogen and oxygen atoms in total. The summed E-state index contributed by atoms with van der Waals surface area (Å²) < 4.78 is 2.35. The first-order valence-corrected chi connectivity index (χ1v) is 10.9. The van der Waals surface area contributed by atoms with Crippen LogP contribution in [-0.2, 0) is 13.0 Å². The fraction of sp³-hybridized carbons (Fsp3) is 0.296. The number of nitrogens with zero attached hydrogens (tertiary/aromatic N) is 1. The van der Waals surface area contributed by atoms with Gasteiger partial charge in [0.15, 0.2) is 0 Å². The van der Waals surface area contributed by atoms with Gasteiger partial charge in [-0.3, -0.25) is 4.79 Å². The number of aromatic nitrogens is 1. The Balaban J connectivity index is 1.94. The van der Waals surface area contributed by atoms with Gasteiger partial charge >= 0.3 is 0 Å². The first-order chi connectivity index (χ1) is 14.5. The lowest BCUT2D eigenvalue weighted by Gasteiger charge is -2.12. The number of benzene rings is 3. The third-order valence-electron chi connectivity index (χ3n) is 6.12.